The van der Waals surface area contributed by atoms with Gasteiger partial charge >= 0.3 is 5.97 Å². The van der Waals surface area contributed by atoms with E-state index in [9.17, 15) is 4.79 Å². The van der Waals surface area contributed by atoms with E-state index in [-0.39, 0.29) is 5.97 Å². The maximum atomic E-state index is 11.8. The number of aryl methyl sites for hydroxylation is 1. The van der Waals surface area contributed by atoms with Crippen molar-refractivity contribution in [2.75, 3.05) is 20.2 Å². The van der Waals surface area contributed by atoms with Crippen LogP contribution in [0.25, 0.3) is 10.4 Å². The summed E-state index contributed by atoms with van der Waals surface area (Å²) in [5.74, 6) is -0.322. The first-order valence-electron chi connectivity index (χ1n) is 5.68. The molecule has 1 atom stereocenters. The van der Waals surface area contributed by atoms with Crippen LogP contribution in [0, 0.1) is 6.92 Å². The fourth-order valence-electron chi connectivity index (χ4n) is 1.48. The standard InChI is InChI=1S/C11H15BrN4O2S/c1-7-8(12)6-9(19-7)10(11(17)18-2)14-4-3-5-15-16-13/h6,10,14H,3-5H2,1-2H3. The molecule has 1 N–H and O–H groups in total. The largest absolute Gasteiger partial charge is 0.468 e. The second-order valence-electron chi connectivity index (χ2n) is 3.77. The number of rotatable bonds is 7. The summed E-state index contributed by atoms with van der Waals surface area (Å²) in [6, 6.07) is 1.44. The van der Waals surface area contributed by atoms with Crippen molar-refractivity contribution in [3.05, 3.63) is 30.7 Å². The minimum Gasteiger partial charge on any atom is -0.468 e. The van der Waals surface area contributed by atoms with Crippen LogP contribution < -0.4 is 5.32 Å². The van der Waals surface area contributed by atoms with Crippen molar-refractivity contribution < 1.29 is 9.53 Å². The molecule has 19 heavy (non-hydrogen) atoms. The molecule has 1 rings (SSSR count). The number of halogens is 1. The van der Waals surface area contributed by atoms with E-state index < -0.39 is 6.04 Å². The van der Waals surface area contributed by atoms with Crippen LogP contribution >= 0.6 is 27.3 Å². The Balaban J connectivity index is 2.67. The van der Waals surface area contributed by atoms with Crippen LogP contribution in [0.4, 0.5) is 0 Å². The van der Waals surface area contributed by atoms with Gasteiger partial charge in [0.05, 0.1) is 7.11 Å². The van der Waals surface area contributed by atoms with Gasteiger partial charge in [0.2, 0.25) is 0 Å². The Bertz CT molecular complexity index is 466. The smallest absolute Gasteiger partial charge is 0.328 e. The highest BCUT2D eigenvalue weighted by Crippen LogP contribution is 2.31. The molecule has 6 nitrogen and oxygen atoms in total. The van der Waals surface area contributed by atoms with Crippen molar-refractivity contribution in [1.82, 2.24) is 5.32 Å². The summed E-state index contributed by atoms with van der Waals surface area (Å²) in [7, 11) is 1.37. The zero-order chi connectivity index (χ0) is 14.3. The van der Waals surface area contributed by atoms with Gasteiger partial charge in [0.15, 0.2) is 0 Å². The van der Waals surface area contributed by atoms with Crippen molar-refractivity contribution in [2.45, 2.75) is 19.4 Å². The number of nitrogens with zero attached hydrogens (tertiary/aromatic N) is 3. The Morgan fingerprint density at radius 1 is 1.74 bits per heavy atom. The lowest BCUT2D eigenvalue weighted by atomic mass is 10.2. The highest BCUT2D eigenvalue weighted by Gasteiger charge is 2.23. The predicted octanol–water partition coefficient (Wildman–Crippen LogP) is 3.32. The number of esters is 1. The first-order chi connectivity index (χ1) is 9.10. The van der Waals surface area contributed by atoms with Gasteiger partial charge in [0.1, 0.15) is 6.04 Å². The van der Waals surface area contributed by atoms with Gasteiger partial charge in [-0.05, 0) is 47.4 Å². The van der Waals surface area contributed by atoms with Crippen LogP contribution in [-0.4, -0.2) is 26.2 Å². The van der Waals surface area contributed by atoms with Crippen LogP contribution in [-0.2, 0) is 9.53 Å². The van der Waals surface area contributed by atoms with E-state index in [2.05, 4.69) is 31.3 Å². The van der Waals surface area contributed by atoms with Gasteiger partial charge in [-0.2, -0.15) is 0 Å². The molecular formula is C11H15BrN4O2S. The van der Waals surface area contributed by atoms with Gasteiger partial charge in [-0.3, -0.25) is 0 Å². The molecule has 0 aliphatic heterocycles. The summed E-state index contributed by atoms with van der Waals surface area (Å²) in [6.45, 7) is 2.96. The molecule has 8 heteroatoms. The summed E-state index contributed by atoms with van der Waals surface area (Å²) in [4.78, 5) is 16.5. The molecule has 0 aromatic carbocycles. The van der Waals surface area contributed by atoms with Crippen LogP contribution in [0.1, 0.15) is 22.2 Å². The minimum absolute atomic E-state index is 0.322. The van der Waals surface area contributed by atoms with Crippen molar-refractivity contribution in [3.63, 3.8) is 0 Å². The summed E-state index contributed by atoms with van der Waals surface area (Å²) in [5, 5.41) is 6.56. The molecule has 0 aliphatic carbocycles. The molecule has 1 aromatic heterocycles. The van der Waals surface area contributed by atoms with E-state index in [1.165, 1.54) is 7.11 Å². The maximum Gasteiger partial charge on any atom is 0.328 e. The van der Waals surface area contributed by atoms with Crippen molar-refractivity contribution in [3.8, 4) is 0 Å². The normalized spacial score (nSPS) is 11.7. The van der Waals surface area contributed by atoms with Crippen molar-refractivity contribution in [1.29, 1.82) is 0 Å². The lowest BCUT2D eigenvalue weighted by Gasteiger charge is -2.14. The lowest BCUT2D eigenvalue weighted by molar-refractivity contribution is -0.143. The Hall–Kier alpha value is -1.08. The topological polar surface area (TPSA) is 87.1 Å². The van der Waals surface area contributed by atoms with E-state index in [1.807, 2.05) is 13.0 Å². The van der Waals surface area contributed by atoms with Crippen LogP contribution in [0.3, 0.4) is 0 Å². The SMILES string of the molecule is COC(=O)C(NCCCN=[N+]=[N-])c1cc(Br)c(C)s1. The number of ether oxygens (including phenoxy) is 1. The Morgan fingerprint density at radius 3 is 3.00 bits per heavy atom. The van der Waals surface area contributed by atoms with Crippen LogP contribution in [0.5, 0.6) is 0 Å². The number of thiophene rings is 1. The number of nitrogens with one attached hydrogen (secondary N) is 1. The summed E-state index contributed by atoms with van der Waals surface area (Å²) in [5.41, 5.74) is 8.17. The molecule has 0 aliphatic rings. The minimum atomic E-state index is -0.480. The molecular weight excluding hydrogens is 332 g/mol. The van der Waals surface area contributed by atoms with Gasteiger partial charge in [0, 0.05) is 25.7 Å². The molecule has 0 fully saturated rings. The molecule has 0 saturated carbocycles. The summed E-state index contributed by atoms with van der Waals surface area (Å²) in [6.07, 6.45) is 0.670. The fraction of sp³-hybridized carbons (Fsp3) is 0.545. The van der Waals surface area contributed by atoms with E-state index in [4.69, 9.17) is 10.3 Å². The second kappa shape index (κ2) is 8.16. The highest BCUT2D eigenvalue weighted by atomic mass is 79.9. The quantitative estimate of drug-likeness (QED) is 0.270. The molecule has 0 saturated heterocycles. The van der Waals surface area contributed by atoms with E-state index in [0.29, 0.717) is 19.5 Å². The molecule has 0 spiro atoms. The van der Waals surface area contributed by atoms with E-state index in [1.54, 1.807) is 11.3 Å². The molecule has 104 valence electrons. The number of methoxy groups -OCH3 is 1. The Kier molecular flexibility index (Phi) is 6.86. The van der Waals surface area contributed by atoms with Gasteiger partial charge in [0.25, 0.3) is 0 Å². The van der Waals surface area contributed by atoms with E-state index in [0.717, 1.165) is 14.2 Å². The zero-order valence-electron chi connectivity index (χ0n) is 10.7. The highest BCUT2D eigenvalue weighted by molar-refractivity contribution is 9.10. The number of hydrogen-bond donors (Lipinski definition) is 1. The number of azide groups is 1. The number of hydrogen-bond acceptors (Lipinski definition) is 5. The maximum absolute atomic E-state index is 11.8. The van der Waals surface area contributed by atoms with E-state index >= 15 is 0 Å². The monoisotopic (exact) mass is 346 g/mol. The van der Waals surface area contributed by atoms with Gasteiger partial charge in [-0.25, -0.2) is 4.79 Å². The molecule has 0 radical (unpaired) electrons. The number of carbonyl (C=O) groups is 1. The van der Waals surface area contributed by atoms with Gasteiger partial charge in [-0.1, -0.05) is 5.11 Å². The third-order valence-corrected chi connectivity index (χ3v) is 4.65. The molecule has 1 unspecified atom stereocenters. The van der Waals surface area contributed by atoms with Crippen molar-refractivity contribution in [2.24, 2.45) is 5.11 Å². The number of carbonyl (C=O) groups excluding carboxylic acids is 1. The first kappa shape index (κ1) is 16.0. The van der Waals surface area contributed by atoms with Crippen LogP contribution in [0.15, 0.2) is 15.7 Å². The van der Waals surface area contributed by atoms with Gasteiger partial charge < -0.3 is 10.1 Å². The fourth-order valence-corrected chi connectivity index (χ4v) is 3.11. The third-order valence-electron chi connectivity index (χ3n) is 2.44. The van der Waals surface area contributed by atoms with Gasteiger partial charge in [-0.15, -0.1) is 11.3 Å². The molecule has 1 heterocycles. The molecule has 1 aromatic rings. The zero-order valence-corrected chi connectivity index (χ0v) is 13.1. The summed E-state index contributed by atoms with van der Waals surface area (Å²) >= 11 is 4.98. The molecule has 0 bridgehead atoms. The first-order valence-corrected chi connectivity index (χ1v) is 7.29. The van der Waals surface area contributed by atoms with Crippen molar-refractivity contribution >= 4 is 33.2 Å². The average Bonchev–Trinajstić information content (AvgIpc) is 2.73. The van der Waals surface area contributed by atoms with Crippen LogP contribution in [0.2, 0.25) is 0 Å². The average molecular weight is 347 g/mol. The predicted molar refractivity (Wildman–Crippen MR) is 78.1 cm³/mol. The third kappa shape index (κ3) is 4.83. The Labute approximate surface area is 123 Å². The Morgan fingerprint density at radius 2 is 2.47 bits per heavy atom. The summed E-state index contributed by atoms with van der Waals surface area (Å²) < 4.78 is 5.79. The second-order valence-corrected chi connectivity index (χ2v) is 5.91. The molecule has 0 amide bonds. The lowest BCUT2D eigenvalue weighted by Crippen LogP contribution is -2.30.